The Morgan fingerprint density at radius 1 is 1.17 bits per heavy atom. The van der Waals surface area contributed by atoms with Crippen LogP contribution in [-0.2, 0) is 23.1 Å². The highest BCUT2D eigenvalue weighted by molar-refractivity contribution is 14.0. The maximum Gasteiger partial charge on any atom is 0.194 e. The van der Waals surface area contributed by atoms with Gasteiger partial charge in [0.05, 0.1) is 19.3 Å². The number of aryl methyl sites for hydroxylation is 1. The fraction of sp³-hybridized carbons (Fsp3) is 0.850. The van der Waals surface area contributed by atoms with Gasteiger partial charge in [-0.3, -0.25) is 4.90 Å². The number of guanidine groups is 1. The second-order valence-corrected chi connectivity index (χ2v) is 8.39. The number of nitrogens with one attached hydrogen (secondary N) is 1. The summed E-state index contributed by atoms with van der Waals surface area (Å²) < 4.78 is 13.3. The van der Waals surface area contributed by atoms with Crippen LogP contribution in [0.3, 0.4) is 0 Å². The van der Waals surface area contributed by atoms with Crippen molar-refractivity contribution in [1.29, 1.82) is 0 Å². The first-order valence-corrected chi connectivity index (χ1v) is 11.0. The zero-order valence-corrected chi connectivity index (χ0v) is 20.6. The van der Waals surface area contributed by atoms with E-state index >= 15 is 0 Å². The Labute approximate surface area is 196 Å². The van der Waals surface area contributed by atoms with Gasteiger partial charge < -0.3 is 24.3 Å². The SMILES string of the molecule is Cc1nnc(CN=C(NCC2CCCO2)N2CCC(CN3CCOCC3)C2)n1C.I. The van der Waals surface area contributed by atoms with Crippen molar-refractivity contribution in [3.63, 3.8) is 0 Å². The summed E-state index contributed by atoms with van der Waals surface area (Å²) in [6.45, 7) is 11.3. The van der Waals surface area contributed by atoms with Crippen LogP contribution in [0.25, 0.3) is 0 Å². The molecule has 10 heteroatoms. The standard InChI is InChI=1S/C20H35N7O2.HI/c1-16-23-24-19(25(16)2)13-22-20(21-12-18-4-3-9-29-18)27-6-5-17(15-27)14-26-7-10-28-11-8-26;/h17-18H,3-15H2,1-2H3,(H,21,22);1H. The Morgan fingerprint density at radius 2 is 2.00 bits per heavy atom. The molecule has 4 rings (SSSR count). The van der Waals surface area contributed by atoms with E-state index < -0.39 is 0 Å². The molecule has 1 aromatic rings. The van der Waals surface area contributed by atoms with Crippen molar-refractivity contribution < 1.29 is 9.47 Å². The smallest absolute Gasteiger partial charge is 0.194 e. The Morgan fingerprint density at radius 3 is 2.70 bits per heavy atom. The summed E-state index contributed by atoms with van der Waals surface area (Å²) in [4.78, 5) is 9.86. The summed E-state index contributed by atoms with van der Waals surface area (Å²) in [5.41, 5.74) is 0. The van der Waals surface area contributed by atoms with E-state index in [-0.39, 0.29) is 24.0 Å². The number of aliphatic imine (C=N–C) groups is 1. The van der Waals surface area contributed by atoms with Crippen LogP contribution < -0.4 is 5.32 Å². The molecule has 0 aromatic carbocycles. The van der Waals surface area contributed by atoms with E-state index in [1.807, 2.05) is 18.5 Å². The van der Waals surface area contributed by atoms with Gasteiger partial charge in [-0.05, 0) is 32.1 Å². The van der Waals surface area contributed by atoms with Crippen LogP contribution in [0.2, 0.25) is 0 Å². The third kappa shape index (κ3) is 6.27. The van der Waals surface area contributed by atoms with Crippen LogP contribution in [0.15, 0.2) is 4.99 Å². The molecule has 3 aliphatic rings. The van der Waals surface area contributed by atoms with Crippen molar-refractivity contribution in [3.05, 3.63) is 11.6 Å². The number of likely N-dealkylation sites (tertiary alicyclic amines) is 1. The molecule has 2 atom stereocenters. The third-order valence-electron chi connectivity index (χ3n) is 6.27. The highest BCUT2D eigenvalue weighted by atomic mass is 127. The van der Waals surface area contributed by atoms with E-state index in [0.29, 0.717) is 18.6 Å². The van der Waals surface area contributed by atoms with Crippen molar-refractivity contribution in [1.82, 2.24) is 29.9 Å². The van der Waals surface area contributed by atoms with Gasteiger partial charge in [0.2, 0.25) is 0 Å². The Hall–Kier alpha value is -0.980. The number of morpholine rings is 1. The highest BCUT2D eigenvalue weighted by Gasteiger charge is 2.28. The Bertz CT molecular complexity index is 687. The van der Waals surface area contributed by atoms with Crippen molar-refractivity contribution in [2.75, 3.05) is 59.1 Å². The molecule has 0 radical (unpaired) electrons. The molecule has 1 aromatic heterocycles. The predicted molar refractivity (Wildman–Crippen MR) is 126 cm³/mol. The van der Waals surface area contributed by atoms with Crippen molar-refractivity contribution in [2.45, 2.75) is 38.8 Å². The van der Waals surface area contributed by atoms with Gasteiger partial charge in [0.1, 0.15) is 12.4 Å². The van der Waals surface area contributed by atoms with Gasteiger partial charge in [-0.15, -0.1) is 34.2 Å². The van der Waals surface area contributed by atoms with Gasteiger partial charge >= 0.3 is 0 Å². The largest absolute Gasteiger partial charge is 0.379 e. The predicted octanol–water partition coefficient (Wildman–Crippen LogP) is 1.02. The number of rotatable bonds is 6. The molecule has 4 heterocycles. The van der Waals surface area contributed by atoms with Gasteiger partial charge in [0.15, 0.2) is 11.8 Å². The van der Waals surface area contributed by atoms with Gasteiger partial charge in [0.25, 0.3) is 0 Å². The van der Waals surface area contributed by atoms with Crippen molar-refractivity contribution >= 4 is 29.9 Å². The summed E-state index contributed by atoms with van der Waals surface area (Å²) in [7, 11) is 1.99. The number of ether oxygens (including phenoxy) is 2. The first-order chi connectivity index (χ1) is 14.2. The quantitative estimate of drug-likeness (QED) is 0.333. The average molecular weight is 533 g/mol. The van der Waals surface area contributed by atoms with E-state index in [2.05, 4.69) is 25.3 Å². The molecule has 170 valence electrons. The first-order valence-electron chi connectivity index (χ1n) is 11.0. The van der Waals surface area contributed by atoms with Crippen LogP contribution in [0.4, 0.5) is 0 Å². The lowest BCUT2D eigenvalue weighted by Crippen LogP contribution is -2.44. The summed E-state index contributed by atoms with van der Waals surface area (Å²) in [5.74, 6) is 3.46. The second-order valence-electron chi connectivity index (χ2n) is 8.39. The lowest BCUT2D eigenvalue weighted by Gasteiger charge is -2.29. The molecule has 30 heavy (non-hydrogen) atoms. The summed E-state index contributed by atoms with van der Waals surface area (Å²) in [6, 6.07) is 0. The minimum Gasteiger partial charge on any atom is -0.379 e. The van der Waals surface area contributed by atoms with E-state index in [1.54, 1.807) is 0 Å². The van der Waals surface area contributed by atoms with Gasteiger partial charge in [-0.1, -0.05) is 0 Å². The molecule has 0 bridgehead atoms. The maximum atomic E-state index is 5.79. The molecule has 9 nitrogen and oxygen atoms in total. The van der Waals surface area contributed by atoms with Gasteiger partial charge in [0, 0.05) is 52.9 Å². The monoisotopic (exact) mass is 533 g/mol. The molecule has 3 aliphatic heterocycles. The lowest BCUT2D eigenvalue weighted by atomic mass is 10.1. The molecule has 3 fully saturated rings. The molecule has 0 saturated carbocycles. The number of hydrogen-bond acceptors (Lipinski definition) is 6. The number of aromatic nitrogens is 3. The van der Waals surface area contributed by atoms with Gasteiger partial charge in [-0.25, -0.2) is 4.99 Å². The Balaban J connectivity index is 0.00000256. The fourth-order valence-electron chi connectivity index (χ4n) is 4.34. The van der Waals surface area contributed by atoms with E-state index in [1.165, 1.54) is 6.42 Å². The fourth-order valence-corrected chi connectivity index (χ4v) is 4.34. The molecular formula is C20H36IN7O2. The normalized spacial score (nSPS) is 25.5. The maximum absolute atomic E-state index is 5.79. The summed E-state index contributed by atoms with van der Waals surface area (Å²) in [6.07, 6.45) is 3.79. The van der Waals surface area contributed by atoms with Gasteiger partial charge in [-0.2, -0.15) is 0 Å². The third-order valence-corrected chi connectivity index (χ3v) is 6.27. The first kappa shape index (κ1) is 23.7. The topological polar surface area (TPSA) is 80.0 Å². The molecule has 1 N–H and O–H groups in total. The highest BCUT2D eigenvalue weighted by Crippen LogP contribution is 2.19. The summed E-state index contributed by atoms with van der Waals surface area (Å²) >= 11 is 0. The van der Waals surface area contributed by atoms with Crippen molar-refractivity contribution in [3.8, 4) is 0 Å². The molecular weight excluding hydrogens is 497 g/mol. The van der Waals surface area contributed by atoms with Crippen molar-refractivity contribution in [2.24, 2.45) is 18.0 Å². The average Bonchev–Trinajstić information content (AvgIpc) is 3.48. The lowest BCUT2D eigenvalue weighted by molar-refractivity contribution is 0.0315. The number of halogens is 1. The molecule has 0 aliphatic carbocycles. The molecule has 2 unspecified atom stereocenters. The minimum atomic E-state index is 0. The Kier molecular flexibility index (Phi) is 9.14. The van der Waals surface area contributed by atoms with E-state index in [4.69, 9.17) is 14.5 Å². The van der Waals surface area contributed by atoms with E-state index in [9.17, 15) is 0 Å². The number of hydrogen-bond donors (Lipinski definition) is 1. The van der Waals surface area contributed by atoms with Crippen LogP contribution in [0.5, 0.6) is 0 Å². The number of nitrogens with zero attached hydrogens (tertiary/aromatic N) is 6. The van der Waals surface area contributed by atoms with Crippen LogP contribution in [-0.4, -0.2) is 95.7 Å². The molecule has 3 saturated heterocycles. The molecule has 0 amide bonds. The van der Waals surface area contributed by atoms with E-state index in [0.717, 1.165) is 89.5 Å². The summed E-state index contributed by atoms with van der Waals surface area (Å²) in [5, 5.41) is 12.0. The van der Waals surface area contributed by atoms with Crippen LogP contribution in [0, 0.1) is 12.8 Å². The van der Waals surface area contributed by atoms with Crippen LogP contribution >= 0.6 is 24.0 Å². The minimum absolute atomic E-state index is 0. The zero-order valence-electron chi connectivity index (χ0n) is 18.3. The zero-order chi connectivity index (χ0) is 20.1. The second kappa shape index (κ2) is 11.6. The molecule has 0 spiro atoms. The van der Waals surface area contributed by atoms with Crippen LogP contribution in [0.1, 0.15) is 30.9 Å².